The highest BCUT2D eigenvalue weighted by Gasteiger charge is 2.19. The minimum absolute atomic E-state index is 0. The molecule has 2 aromatic rings. The second-order valence-electron chi connectivity index (χ2n) is 4.73. The fraction of sp³-hybridized carbons (Fsp3) is 0.357. The van der Waals surface area contributed by atoms with Crippen molar-refractivity contribution in [1.82, 2.24) is 10.3 Å². The minimum Gasteiger partial charge on any atom is -0.367 e. The zero-order valence-electron chi connectivity index (χ0n) is 11.1. The summed E-state index contributed by atoms with van der Waals surface area (Å²) >= 11 is 12.7. The number of hydrogen-bond donors (Lipinski definition) is 1. The first-order chi connectivity index (χ1) is 9.18. The molecule has 1 aromatic heterocycles. The molecule has 0 aliphatic carbocycles. The van der Waals surface area contributed by atoms with Crippen LogP contribution in [0, 0.1) is 6.92 Å². The Morgan fingerprint density at radius 2 is 1.90 bits per heavy atom. The van der Waals surface area contributed by atoms with E-state index >= 15 is 0 Å². The van der Waals surface area contributed by atoms with Gasteiger partial charge in [-0.3, -0.25) is 0 Å². The van der Waals surface area contributed by atoms with Crippen molar-refractivity contribution in [3.05, 3.63) is 33.9 Å². The molecule has 20 heavy (non-hydrogen) atoms. The molecule has 0 radical (unpaired) electrons. The van der Waals surface area contributed by atoms with Crippen LogP contribution in [0.25, 0.3) is 10.9 Å². The van der Waals surface area contributed by atoms with Gasteiger partial charge in [0.05, 0.1) is 26.9 Å². The van der Waals surface area contributed by atoms with Crippen molar-refractivity contribution in [2.45, 2.75) is 6.92 Å². The van der Waals surface area contributed by atoms with Crippen LogP contribution in [0.4, 0.5) is 5.69 Å². The zero-order chi connectivity index (χ0) is 13.4. The Bertz CT molecular complexity index is 625. The zero-order valence-corrected chi connectivity index (χ0v) is 13.4. The van der Waals surface area contributed by atoms with E-state index in [9.17, 15) is 0 Å². The molecule has 0 bridgehead atoms. The first-order valence-corrected chi connectivity index (χ1v) is 7.14. The van der Waals surface area contributed by atoms with E-state index in [-0.39, 0.29) is 12.4 Å². The van der Waals surface area contributed by atoms with E-state index in [4.69, 9.17) is 23.2 Å². The van der Waals surface area contributed by atoms with E-state index in [1.54, 1.807) is 0 Å². The van der Waals surface area contributed by atoms with Gasteiger partial charge in [-0.25, -0.2) is 4.98 Å². The lowest BCUT2D eigenvalue weighted by molar-refractivity contribution is 0.590. The summed E-state index contributed by atoms with van der Waals surface area (Å²) in [6.07, 6.45) is 0. The van der Waals surface area contributed by atoms with Crippen molar-refractivity contribution in [3.8, 4) is 0 Å². The number of nitrogens with zero attached hydrogens (tertiary/aromatic N) is 2. The summed E-state index contributed by atoms with van der Waals surface area (Å²) in [4.78, 5) is 6.84. The van der Waals surface area contributed by atoms with E-state index in [0.717, 1.165) is 53.5 Å². The number of rotatable bonds is 1. The van der Waals surface area contributed by atoms with Crippen molar-refractivity contribution in [3.63, 3.8) is 0 Å². The first kappa shape index (κ1) is 15.6. The van der Waals surface area contributed by atoms with Gasteiger partial charge in [0.1, 0.15) is 0 Å². The number of pyridine rings is 1. The highest BCUT2D eigenvalue weighted by Crippen LogP contribution is 2.37. The molecule has 3 nitrogen and oxygen atoms in total. The van der Waals surface area contributed by atoms with Gasteiger partial charge in [-0.1, -0.05) is 35.3 Å². The number of aryl methyl sites for hydroxylation is 1. The second kappa shape index (κ2) is 6.35. The van der Waals surface area contributed by atoms with E-state index in [1.807, 2.05) is 25.1 Å². The van der Waals surface area contributed by atoms with Gasteiger partial charge in [-0.15, -0.1) is 12.4 Å². The summed E-state index contributed by atoms with van der Waals surface area (Å²) in [5.41, 5.74) is 2.73. The SMILES string of the molecule is Cc1nc2c(Cl)cccc2c(N2CCNCC2)c1Cl.Cl. The Hall–Kier alpha value is -0.740. The van der Waals surface area contributed by atoms with Crippen LogP contribution in [0.2, 0.25) is 10.0 Å². The standard InChI is InChI=1S/C14H15Cl2N3.ClH/c1-9-12(16)14(19-7-5-17-6-8-19)10-3-2-4-11(15)13(10)18-9;/h2-4,17H,5-8H2,1H3;1H. The van der Waals surface area contributed by atoms with Crippen molar-refractivity contribution in [2.75, 3.05) is 31.1 Å². The Kier molecular flexibility index (Phi) is 4.97. The molecule has 1 N–H and O–H groups in total. The molecule has 2 heterocycles. The lowest BCUT2D eigenvalue weighted by Gasteiger charge is -2.31. The van der Waals surface area contributed by atoms with Crippen LogP contribution in [0.3, 0.4) is 0 Å². The highest BCUT2D eigenvalue weighted by atomic mass is 35.5. The van der Waals surface area contributed by atoms with Crippen LogP contribution in [0.1, 0.15) is 5.69 Å². The third-order valence-electron chi connectivity index (χ3n) is 3.48. The fourth-order valence-electron chi connectivity index (χ4n) is 2.52. The third-order valence-corrected chi connectivity index (χ3v) is 4.24. The lowest BCUT2D eigenvalue weighted by atomic mass is 10.1. The monoisotopic (exact) mass is 331 g/mol. The summed E-state index contributed by atoms with van der Waals surface area (Å²) in [6.45, 7) is 5.77. The average Bonchev–Trinajstić information content (AvgIpc) is 2.42. The lowest BCUT2D eigenvalue weighted by Crippen LogP contribution is -2.43. The molecule has 0 saturated carbocycles. The maximum atomic E-state index is 6.49. The molecule has 1 aromatic carbocycles. The number of hydrogen-bond acceptors (Lipinski definition) is 3. The molecule has 0 unspecified atom stereocenters. The molecular formula is C14H16Cl3N3. The Morgan fingerprint density at radius 3 is 2.60 bits per heavy atom. The number of piperazine rings is 1. The third kappa shape index (κ3) is 2.68. The topological polar surface area (TPSA) is 28.2 Å². The summed E-state index contributed by atoms with van der Waals surface area (Å²) in [7, 11) is 0. The number of para-hydroxylation sites is 1. The van der Waals surface area contributed by atoms with Gasteiger partial charge in [0, 0.05) is 31.6 Å². The molecule has 1 aliphatic heterocycles. The van der Waals surface area contributed by atoms with Gasteiger partial charge < -0.3 is 10.2 Å². The average molecular weight is 333 g/mol. The van der Waals surface area contributed by atoms with Crippen LogP contribution < -0.4 is 10.2 Å². The van der Waals surface area contributed by atoms with Gasteiger partial charge in [0.15, 0.2) is 0 Å². The fourth-order valence-corrected chi connectivity index (χ4v) is 3.00. The number of aromatic nitrogens is 1. The molecule has 108 valence electrons. The van der Waals surface area contributed by atoms with Gasteiger partial charge in [-0.05, 0) is 13.0 Å². The summed E-state index contributed by atoms with van der Waals surface area (Å²) in [6, 6.07) is 5.85. The van der Waals surface area contributed by atoms with E-state index in [2.05, 4.69) is 15.2 Å². The molecule has 1 aliphatic rings. The molecule has 1 fully saturated rings. The number of nitrogens with one attached hydrogen (secondary N) is 1. The number of benzene rings is 1. The summed E-state index contributed by atoms with van der Waals surface area (Å²) < 4.78 is 0. The van der Waals surface area contributed by atoms with E-state index < -0.39 is 0 Å². The molecular weight excluding hydrogens is 317 g/mol. The Balaban J connectivity index is 0.00000147. The number of anilines is 1. The number of fused-ring (bicyclic) bond motifs is 1. The maximum absolute atomic E-state index is 6.49. The van der Waals surface area contributed by atoms with Crippen molar-refractivity contribution < 1.29 is 0 Å². The van der Waals surface area contributed by atoms with Crippen molar-refractivity contribution in [1.29, 1.82) is 0 Å². The minimum atomic E-state index is 0. The van der Waals surface area contributed by atoms with Crippen LogP contribution in [-0.4, -0.2) is 31.2 Å². The molecule has 0 amide bonds. The molecule has 0 atom stereocenters. The van der Waals surface area contributed by atoms with Crippen LogP contribution in [-0.2, 0) is 0 Å². The van der Waals surface area contributed by atoms with Gasteiger partial charge in [0.2, 0.25) is 0 Å². The smallest absolute Gasteiger partial charge is 0.0913 e. The summed E-state index contributed by atoms with van der Waals surface area (Å²) in [5, 5.41) is 5.79. The van der Waals surface area contributed by atoms with Crippen molar-refractivity contribution >= 4 is 52.2 Å². The molecule has 6 heteroatoms. The van der Waals surface area contributed by atoms with Crippen LogP contribution >= 0.6 is 35.6 Å². The van der Waals surface area contributed by atoms with E-state index in [1.165, 1.54) is 0 Å². The maximum Gasteiger partial charge on any atom is 0.0913 e. The predicted molar refractivity (Wildman–Crippen MR) is 88.8 cm³/mol. The van der Waals surface area contributed by atoms with Crippen LogP contribution in [0.15, 0.2) is 18.2 Å². The highest BCUT2D eigenvalue weighted by molar-refractivity contribution is 6.38. The van der Waals surface area contributed by atoms with Gasteiger partial charge in [-0.2, -0.15) is 0 Å². The molecule has 3 rings (SSSR count). The van der Waals surface area contributed by atoms with E-state index in [0.29, 0.717) is 5.02 Å². The van der Waals surface area contributed by atoms with Gasteiger partial charge >= 0.3 is 0 Å². The van der Waals surface area contributed by atoms with Crippen molar-refractivity contribution in [2.24, 2.45) is 0 Å². The Labute approximate surface area is 134 Å². The molecule has 1 saturated heterocycles. The summed E-state index contributed by atoms with van der Waals surface area (Å²) in [5.74, 6) is 0. The number of halogens is 3. The Morgan fingerprint density at radius 1 is 1.20 bits per heavy atom. The normalized spacial score (nSPS) is 15.2. The quantitative estimate of drug-likeness (QED) is 0.863. The van der Waals surface area contributed by atoms with Crippen LogP contribution in [0.5, 0.6) is 0 Å². The molecule has 0 spiro atoms. The predicted octanol–water partition coefficient (Wildman–Crippen LogP) is 3.68. The first-order valence-electron chi connectivity index (χ1n) is 6.38. The second-order valence-corrected chi connectivity index (χ2v) is 5.52. The largest absolute Gasteiger partial charge is 0.367 e. The van der Waals surface area contributed by atoms with Gasteiger partial charge in [0.25, 0.3) is 0 Å².